The van der Waals surface area contributed by atoms with Gasteiger partial charge in [-0.05, 0) is 24.3 Å². The number of amides is 1. The SMILES string of the molecule is COc1cc(OC)nc(NC(=O)COC(=O)c2ccc(Br)cc2)n1. The predicted molar refractivity (Wildman–Crippen MR) is 88.2 cm³/mol. The second-order valence-corrected chi connectivity index (χ2v) is 5.32. The van der Waals surface area contributed by atoms with Gasteiger partial charge in [-0.1, -0.05) is 15.9 Å². The third-order valence-corrected chi connectivity index (χ3v) is 3.29. The van der Waals surface area contributed by atoms with Gasteiger partial charge in [0, 0.05) is 4.47 Å². The Kier molecular flexibility index (Phi) is 6.07. The molecule has 0 unspecified atom stereocenters. The molecule has 24 heavy (non-hydrogen) atoms. The van der Waals surface area contributed by atoms with Crippen LogP contribution in [0.1, 0.15) is 10.4 Å². The molecule has 0 aliphatic carbocycles. The van der Waals surface area contributed by atoms with Crippen LogP contribution in [-0.4, -0.2) is 42.7 Å². The summed E-state index contributed by atoms with van der Waals surface area (Å²) in [5.74, 6) is -0.763. The molecule has 0 fully saturated rings. The number of aromatic nitrogens is 2. The molecule has 1 aromatic carbocycles. The van der Waals surface area contributed by atoms with Crippen LogP contribution < -0.4 is 14.8 Å². The van der Waals surface area contributed by atoms with Gasteiger partial charge in [-0.25, -0.2) is 4.79 Å². The summed E-state index contributed by atoms with van der Waals surface area (Å²) in [6, 6.07) is 8.03. The molecule has 9 heteroatoms. The van der Waals surface area contributed by atoms with E-state index in [0.717, 1.165) is 4.47 Å². The molecule has 0 aliphatic rings. The summed E-state index contributed by atoms with van der Waals surface area (Å²) in [5.41, 5.74) is 0.338. The average molecular weight is 396 g/mol. The molecule has 0 atom stereocenters. The zero-order valence-corrected chi connectivity index (χ0v) is 14.5. The fraction of sp³-hybridized carbons (Fsp3) is 0.200. The van der Waals surface area contributed by atoms with Gasteiger partial charge >= 0.3 is 5.97 Å². The van der Waals surface area contributed by atoms with Crippen molar-refractivity contribution >= 4 is 33.8 Å². The summed E-state index contributed by atoms with van der Waals surface area (Å²) >= 11 is 3.27. The maximum atomic E-state index is 11.8. The van der Waals surface area contributed by atoms with Crippen LogP contribution in [0.15, 0.2) is 34.8 Å². The average Bonchev–Trinajstić information content (AvgIpc) is 2.59. The summed E-state index contributed by atoms with van der Waals surface area (Å²) in [5, 5.41) is 2.40. The zero-order valence-electron chi connectivity index (χ0n) is 12.9. The van der Waals surface area contributed by atoms with E-state index in [0.29, 0.717) is 5.56 Å². The minimum atomic E-state index is -0.609. The number of methoxy groups -OCH3 is 2. The van der Waals surface area contributed by atoms with Crippen LogP contribution >= 0.6 is 15.9 Å². The number of rotatable bonds is 6. The van der Waals surface area contributed by atoms with Crippen molar-refractivity contribution in [1.82, 2.24) is 9.97 Å². The first-order chi connectivity index (χ1) is 11.5. The van der Waals surface area contributed by atoms with Crippen LogP contribution in [-0.2, 0) is 9.53 Å². The zero-order chi connectivity index (χ0) is 17.5. The van der Waals surface area contributed by atoms with Gasteiger partial charge in [0.25, 0.3) is 5.91 Å². The van der Waals surface area contributed by atoms with Crippen molar-refractivity contribution in [3.05, 3.63) is 40.4 Å². The van der Waals surface area contributed by atoms with Crippen molar-refractivity contribution in [2.24, 2.45) is 0 Å². The Balaban J connectivity index is 1.93. The van der Waals surface area contributed by atoms with Crippen molar-refractivity contribution < 1.29 is 23.8 Å². The van der Waals surface area contributed by atoms with Gasteiger partial charge in [-0.15, -0.1) is 0 Å². The molecular formula is C15H14BrN3O5. The van der Waals surface area contributed by atoms with Crippen LogP contribution in [0.5, 0.6) is 11.8 Å². The van der Waals surface area contributed by atoms with Crippen molar-refractivity contribution in [3.63, 3.8) is 0 Å². The lowest BCUT2D eigenvalue weighted by molar-refractivity contribution is -0.119. The first-order valence-electron chi connectivity index (χ1n) is 6.71. The number of carbonyl (C=O) groups excluding carboxylic acids is 2. The lowest BCUT2D eigenvalue weighted by atomic mass is 10.2. The van der Waals surface area contributed by atoms with E-state index >= 15 is 0 Å². The van der Waals surface area contributed by atoms with Gasteiger partial charge in [0.15, 0.2) is 6.61 Å². The number of ether oxygens (including phenoxy) is 3. The molecule has 1 N–H and O–H groups in total. The fourth-order valence-electron chi connectivity index (χ4n) is 1.63. The second-order valence-electron chi connectivity index (χ2n) is 4.41. The summed E-state index contributed by atoms with van der Waals surface area (Å²) < 4.78 is 15.7. The topological polar surface area (TPSA) is 99.6 Å². The Bertz CT molecular complexity index is 714. The van der Waals surface area contributed by atoms with E-state index in [9.17, 15) is 9.59 Å². The summed E-state index contributed by atoms with van der Waals surface area (Å²) in [4.78, 5) is 31.6. The number of carbonyl (C=O) groups is 2. The Hall–Kier alpha value is -2.68. The highest BCUT2D eigenvalue weighted by Crippen LogP contribution is 2.17. The minimum absolute atomic E-state index is 0.0177. The number of anilines is 1. The van der Waals surface area contributed by atoms with Crippen molar-refractivity contribution in [1.29, 1.82) is 0 Å². The molecule has 0 saturated carbocycles. The molecule has 126 valence electrons. The third kappa shape index (κ3) is 4.92. The molecule has 1 amide bonds. The maximum Gasteiger partial charge on any atom is 0.338 e. The van der Waals surface area contributed by atoms with E-state index in [-0.39, 0.29) is 17.7 Å². The number of halogens is 1. The van der Waals surface area contributed by atoms with E-state index in [1.807, 2.05) is 0 Å². The quantitative estimate of drug-likeness (QED) is 0.746. The van der Waals surface area contributed by atoms with Gasteiger partial charge in [0.1, 0.15) is 0 Å². The fourth-order valence-corrected chi connectivity index (χ4v) is 1.89. The summed E-state index contributed by atoms with van der Waals surface area (Å²) in [6.07, 6.45) is 0. The van der Waals surface area contributed by atoms with Gasteiger partial charge in [-0.2, -0.15) is 9.97 Å². The van der Waals surface area contributed by atoms with E-state index < -0.39 is 18.5 Å². The second kappa shape index (κ2) is 8.25. The van der Waals surface area contributed by atoms with Crippen LogP contribution in [0.4, 0.5) is 5.95 Å². The van der Waals surface area contributed by atoms with Crippen LogP contribution in [0.3, 0.4) is 0 Å². The van der Waals surface area contributed by atoms with Crippen LogP contribution in [0, 0.1) is 0 Å². The molecule has 1 aromatic heterocycles. The highest BCUT2D eigenvalue weighted by Gasteiger charge is 2.12. The smallest absolute Gasteiger partial charge is 0.338 e. The number of benzene rings is 1. The Morgan fingerprint density at radius 2 is 1.67 bits per heavy atom. The molecular weight excluding hydrogens is 382 g/mol. The van der Waals surface area contributed by atoms with Gasteiger partial charge < -0.3 is 14.2 Å². The third-order valence-electron chi connectivity index (χ3n) is 2.76. The van der Waals surface area contributed by atoms with E-state index in [4.69, 9.17) is 14.2 Å². The number of hydrogen-bond acceptors (Lipinski definition) is 7. The molecule has 0 radical (unpaired) electrons. The molecule has 8 nitrogen and oxygen atoms in total. The number of nitrogens with one attached hydrogen (secondary N) is 1. The largest absolute Gasteiger partial charge is 0.481 e. The predicted octanol–water partition coefficient (Wildman–Crippen LogP) is 2.05. The van der Waals surface area contributed by atoms with Crippen LogP contribution in [0.2, 0.25) is 0 Å². The number of nitrogens with zero attached hydrogens (tertiary/aromatic N) is 2. The van der Waals surface area contributed by atoms with E-state index in [1.165, 1.54) is 20.3 Å². The first kappa shape index (κ1) is 17.7. The van der Waals surface area contributed by atoms with Crippen molar-refractivity contribution in [2.75, 3.05) is 26.1 Å². The van der Waals surface area contributed by atoms with E-state index in [2.05, 4.69) is 31.2 Å². The normalized spacial score (nSPS) is 9.96. The number of hydrogen-bond donors (Lipinski definition) is 1. The van der Waals surface area contributed by atoms with Gasteiger partial charge in [0.2, 0.25) is 17.7 Å². The Morgan fingerprint density at radius 1 is 1.08 bits per heavy atom. The monoisotopic (exact) mass is 395 g/mol. The molecule has 2 aromatic rings. The van der Waals surface area contributed by atoms with Crippen molar-refractivity contribution in [3.8, 4) is 11.8 Å². The highest BCUT2D eigenvalue weighted by atomic mass is 79.9. The molecule has 2 rings (SSSR count). The highest BCUT2D eigenvalue weighted by molar-refractivity contribution is 9.10. The molecule has 0 spiro atoms. The Morgan fingerprint density at radius 3 is 2.21 bits per heavy atom. The number of esters is 1. The molecule has 1 heterocycles. The lowest BCUT2D eigenvalue weighted by Crippen LogP contribution is -2.22. The van der Waals surface area contributed by atoms with Gasteiger partial charge in [-0.3, -0.25) is 10.1 Å². The molecule has 0 bridgehead atoms. The standard InChI is InChI=1S/C15H14BrN3O5/c1-22-12-7-13(23-2)19-15(18-12)17-11(20)8-24-14(21)9-3-5-10(16)6-4-9/h3-7H,8H2,1-2H3,(H,17,18,19,20). The Labute approximate surface area is 146 Å². The molecule has 0 saturated heterocycles. The van der Waals surface area contributed by atoms with Crippen molar-refractivity contribution in [2.45, 2.75) is 0 Å². The first-order valence-corrected chi connectivity index (χ1v) is 7.50. The van der Waals surface area contributed by atoms with Crippen LogP contribution in [0.25, 0.3) is 0 Å². The molecule has 0 aliphatic heterocycles. The maximum absolute atomic E-state index is 11.8. The van der Waals surface area contributed by atoms with Gasteiger partial charge in [0.05, 0.1) is 25.8 Å². The summed E-state index contributed by atoms with van der Waals surface area (Å²) in [7, 11) is 2.85. The van der Waals surface area contributed by atoms with E-state index in [1.54, 1.807) is 24.3 Å². The minimum Gasteiger partial charge on any atom is -0.481 e. The summed E-state index contributed by atoms with van der Waals surface area (Å²) in [6.45, 7) is -0.474. The lowest BCUT2D eigenvalue weighted by Gasteiger charge is -2.08.